The second kappa shape index (κ2) is 5.10. The van der Waals surface area contributed by atoms with E-state index < -0.39 is 8.32 Å². The predicted molar refractivity (Wildman–Crippen MR) is 103 cm³/mol. The predicted octanol–water partition coefficient (Wildman–Crippen LogP) is 6.36. The molecule has 4 rings (SSSR count). The van der Waals surface area contributed by atoms with Crippen molar-refractivity contribution in [2.24, 2.45) is 0 Å². The van der Waals surface area contributed by atoms with Crippen molar-refractivity contribution in [3.8, 4) is 5.75 Å². The van der Waals surface area contributed by atoms with E-state index in [0.29, 0.717) is 0 Å². The second-order valence-electron chi connectivity index (χ2n) is 7.09. The molecule has 0 spiro atoms. The zero-order chi connectivity index (χ0) is 16.0. The first-order valence-electron chi connectivity index (χ1n) is 8.04. The first-order chi connectivity index (χ1) is 11.0. The molecule has 0 saturated heterocycles. The number of hydrogen-bond acceptors (Lipinski definition) is 1. The second-order valence-corrected chi connectivity index (χ2v) is 11.5. The van der Waals surface area contributed by atoms with Gasteiger partial charge in [-0.05, 0) is 76.9 Å². The van der Waals surface area contributed by atoms with Crippen molar-refractivity contribution in [2.75, 3.05) is 0 Å². The van der Waals surface area contributed by atoms with Crippen LogP contribution < -0.4 is 4.43 Å². The Morgan fingerprint density at radius 3 is 1.83 bits per heavy atom. The highest BCUT2D eigenvalue weighted by molar-refractivity contribution is 6.70. The molecule has 0 aromatic heterocycles. The third-order valence-electron chi connectivity index (χ3n) is 4.08. The summed E-state index contributed by atoms with van der Waals surface area (Å²) in [5.41, 5.74) is 0. The van der Waals surface area contributed by atoms with E-state index in [-0.39, 0.29) is 0 Å². The van der Waals surface area contributed by atoms with Crippen molar-refractivity contribution in [1.29, 1.82) is 0 Å². The average molecular weight is 316 g/mol. The molecule has 0 aliphatic heterocycles. The molecule has 0 saturated carbocycles. The van der Waals surface area contributed by atoms with Crippen LogP contribution in [0.15, 0.2) is 66.7 Å². The average Bonchev–Trinajstić information content (AvgIpc) is 2.50. The molecular formula is C21H20OSi. The zero-order valence-electron chi connectivity index (χ0n) is 13.8. The molecule has 0 aliphatic rings. The number of benzene rings is 4. The van der Waals surface area contributed by atoms with Crippen molar-refractivity contribution < 1.29 is 4.43 Å². The maximum atomic E-state index is 6.29. The summed E-state index contributed by atoms with van der Waals surface area (Å²) in [6.07, 6.45) is 0. The van der Waals surface area contributed by atoms with Crippen LogP contribution in [0.1, 0.15) is 0 Å². The number of hydrogen-bond donors (Lipinski definition) is 0. The van der Waals surface area contributed by atoms with E-state index >= 15 is 0 Å². The lowest BCUT2D eigenvalue weighted by atomic mass is 9.99. The van der Waals surface area contributed by atoms with Gasteiger partial charge >= 0.3 is 0 Å². The number of fused-ring (bicyclic) bond motifs is 3. The van der Waals surface area contributed by atoms with Gasteiger partial charge in [-0.25, -0.2) is 0 Å². The Kier molecular flexibility index (Phi) is 3.17. The van der Waals surface area contributed by atoms with Crippen molar-refractivity contribution >= 4 is 40.6 Å². The fourth-order valence-corrected chi connectivity index (χ4v) is 3.95. The maximum absolute atomic E-state index is 6.29. The maximum Gasteiger partial charge on any atom is 0.242 e. The highest BCUT2D eigenvalue weighted by Gasteiger charge is 2.17. The van der Waals surface area contributed by atoms with E-state index in [4.69, 9.17) is 4.43 Å². The minimum absolute atomic E-state index is 1.01. The summed E-state index contributed by atoms with van der Waals surface area (Å²) in [6, 6.07) is 24.0. The summed E-state index contributed by atoms with van der Waals surface area (Å²) in [6.45, 7) is 6.67. The smallest absolute Gasteiger partial charge is 0.242 e. The molecule has 4 aromatic rings. The summed E-state index contributed by atoms with van der Waals surface area (Å²) >= 11 is 0. The Bertz CT molecular complexity index is 1030. The van der Waals surface area contributed by atoms with E-state index in [2.05, 4.69) is 86.4 Å². The molecule has 1 nitrogen and oxygen atoms in total. The molecule has 0 aliphatic carbocycles. The molecule has 23 heavy (non-hydrogen) atoms. The van der Waals surface area contributed by atoms with Crippen molar-refractivity contribution in [1.82, 2.24) is 0 Å². The van der Waals surface area contributed by atoms with Gasteiger partial charge in [0.1, 0.15) is 5.75 Å². The zero-order valence-corrected chi connectivity index (χ0v) is 14.8. The lowest BCUT2D eigenvalue weighted by molar-refractivity contribution is 0.564. The van der Waals surface area contributed by atoms with Crippen LogP contribution in [0.5, 0.6) is 5.75 Å². The summed E-state index contributed by atoms with van der Waals surface area (Å²) in [7, 11) is -1.63. The van der Waals surface area contributed by atoms with Crippen LogP contribution in [0.3, 0.4) is 0 Å². The van der Waals surface area contributed by atoms with Gasteiger partial charge in [0.25, 0.3) is 0 Å². The Balaban J connectivity index is 2.01. The Hall–Kier alpha value is -2.32. The summed E-state index contributed by atoms with van der Waals surface area (Å²) in [5, 5.41) is 7.56. The van der Waals surface area contributed by atoms with E-state index in [1.807, 2.05) is 0 Å². The molecule has 0 unspecified atom stereocenters. The van der Waals surface area contributed by atoms with Crippen molar-refractivity contribution in [2.45, 2.75) is 19.6 Å². The SMILES string of the molecule is C[Si](C)(C)Oc1cccc2cc3cc4ccccc4cc3cc12. The van der Waals surface area contributed by atoms with Crippen LogP contribution in [0.4, 0.5) is 0 Å². The molecule has 4 aromatic carbocycles. The van der Waals surface area contributed by atoms with Crippen LogP contribution in [0, 0.1) is 0 Å². The molecule has 2 heteroatoms. The Morgan fingerprint density at radius 1 is 0.609 bits per heavy atom. The third-order valence-corrected chi connectivity index (χ3v) is 4.91. The molecule has 114 valence electrons. The highest BCUT2D eigenvalue weighted by atomic mass is 28.4. The lowest BCUT2D eigenvalue weighted by Crippen LogP contribution is -2.29. The minimum atomic E-state index is -1.63. The lowest BCUT2D eigenvalue weighted by Gasteiger charge is -2.20. The summed E-state index contributed by atoms with van der Waals surface area (Å²) in [4.78, 5) is 0. The van der Waals surface area contributed by atoms with Gasteiger partial charge in [-0.3, -0.25) is 0 Å². The van der Waals surface area contributed by atoms with Gasteiger partial charge < -0.3 is 4.43 Å². The Morgan fingerprint density at radius 2 is 1.17 bits per heavy atom. The van der Waals surface area contributed by atoms with Gasteiger partial charge in [0, 0.05) is 5.39 Å². The monoisotopic (exact) mass is 316 g/mol. The van der Waals surface area contributed by atoms with Gasteiger partial charge in [-0.2, -0.15) is 0 Å². The highest BCUT2D eigenvalue weighted by Crippen LogP contribution is 2.33. The van der Waals surface area contributed by atoms with E-state index in [0.717, 1.165) is 5.75 Å². The van der Waals surface area contributed by atoms with Crippen molar-refractivity contribution in [3.63, 3.8) is 0 Å². The molecule has 0 N–H and O–H groups in total. The van der Waals surface area contributed by atoms with E-state index in [1.54, 1.807) is 0 Å². The number of rotatable bonds is 2. The molecule has 0 atom stereocenters. The Labute approximate surface area is 137 Å². The van der Waals surface area contributed by atoms with E-state index in [9.17, 15) is 0 Å². The van der Waals surface area contributed by atoms with E-state index in [1.165, 1.54) is 32.3 Å². The van der Waals surface area contributed by atoms with Gasteiger partial charge in [0.05, 0.1) is 0 Å². The van der Waals surface area contributed by atoms with Crippen molar-refractivity contribution in [3.05, 3.63) is 66.7 Å². The topological polar surface area (TPSA) is 9.23 Å². The summed E-state index contributed by atoms with van der Waals surface area (Å²) < 4.78 is 6.29. The summed E-state index contributed by atoms with van der Waals surface area (Å²) in [5.74, 6) is 1.01. The van der Waals surface area contributed by atoms with Crippen LogP contribution in [-0.4, -0.2) is 8.32 Å². The van der Waals surface area contributed by atoms with Crippen LogP contribution in [0.25, 0.3) is 32.3 Å². The van der Waals surface area contributed by atoms with Crippen LogP contribution in [0.2, 0.25) is 19.6 Å². The fraction of sp³-hybridized carbons (Fsp3) is 0.143. The normalized spacial score (nSPS) is 12.1. The quantitative estimate of drug-likeness (QED) is 0.309. The van der Waals surface area contributed by atoms with Gasteiger partial charge in [0.15, 0.2) is 0 Å². The van der Waals surface area contributed by atoms with Crippen LogP contribution in [-0.2, 0) is 0 Å². The van der Waals surface area contributed by atoms with Gasteiger partial charge in [-0.15, -0.1) is 0 Å². The minimum Gasteiger partial charge on any atom is -0.544 e. The van der Waals surface area contributed by atoms with Crippen LogP contribution >= 0.6 is 0 Å². The first kappa shape index (κ1) is 14.3. The molecule has 0 bridgehead atoms. The van der Waals surface area contributed by atoms with Gasteiger partial charge in [-0.1, -0.05) is 36.4 Å². The molecular weight excluding hydrogens is 296 g/mol. The standard InChI is InChI=1S/C21H20OSi/c1-23(2,3)22-21-10-6-9-17-13-18-11-15-7-4-5-8-16(15)12-19(18)14-20(17)21/h4-14H,1-3H3. The largest absolute Gasteiger partial charge is 0.544 e. The van der Waals surface area contributed by atoms with Gasteiger partial charge in [0.2, 0.25) is 8.32 Å². The fourth-order valence-electron chi connectivity index (χ4n) is 3.11. The third kappa shape index (κ3) is 2.70. The molecule has 0 fully saturated rings. The first-order valence-corrected chi connectivity index (χ1v) is 11.4. The molecule has 0 heterocycles. The molecule has 0 amide bonds. The molecule has 0 radical (unpaired) electrons.